The van der Waals surface area contributed by atoms with Crippen molar-refractivity contribution in [2.75, 3.05) is 0 Å². The summed E-state index contributed by atoms with van der Waals surface area (Å²) >= 11 is 0. The number of benzene rings is 1. The Bertz CT molecular complexity index is 528. The van der Waals surface area contributed by atoms with Gasteiger partial charge in [-0.15, -0.1) is 0 Å². The molecule has 1 aromatic carbocycles. The normalized spacial score (nSPS) is 33.0. The maximum Gasteiger partial charge on any atom is 0.234 e. The number of fused-ring (bicyclic) bond motifs is 1. The van der Waals surface area contributed by atoms with E-state index in [0.29, 0.717) is 12.3 Å². The Balaban J connectivity index is 1.67. The first-order valence-corrected chi connectivity index (χ1v) is 6.57. The van der Waals surface area contributed by atoms with Gasteiger partial charge in [-0.3, -0.25) is 10.1 Å². The summed E-state index contributed by atoms with van der Waals surface area (Å²) in [5, 5.41) is 3.20. The zero-order chi connectivity index (χ0) is 13.5. The average molecular weight is 260 g/mol. The lowest BCUT2D eigenvalue weighted by molar-refractivity contribution is -0.120. The molecule has 100 valence electrons. The molecular weight excluding hydrogens is 243 g/mol. The standard InChI is InChI=1S/C15H17FN2O/c16-12(6-10-4-2-1-3-5-10)9-15-8-11(15)7-13(18-15)14(17)19/h1-6,11,13,18H,7-9H2,(H2,17,19)/b12-6+. The Morgan fingerprint density at radius 1 is 1.47 bits per heavy atom. The zero-order valence-corrected chi connectivity index (χ0v) is 10.6. The first-order valence-electron chi connectivity index (χ1n) is 6.57. The van der Waals surface area contributed by atoms with Crippen LogP contribution in [0.25, 0.3) is 6.08 Å². The Hall–Kier alpha value is -1.68. The van der Waals surface area contributed by atoms with E-state index in [1.54, 1.807) is 6.08 Å². The third-order valence-corrected chi connectivity index (χ3v) is 4.16. The smallest absolute Gasteiger partial charge is 0.234 e. The third kappa shape index (κ3) is 2.40. The Morgan fingerprint density at radius 3 is 2.84 bits per heavy atom. The molecule has 1 heterocycles. The molecule has 1 aliphatic carbocycles. The maximum atomic E-state index is 14.0. The molecular formula is C15H17FN2O. The first-order chi connectivity index (χ1) is 9.09. The van der Waals surface area contributed by atoms with Crippen LogP contribution in [0.1, 0.15) is 24.8 Å². The molecule has 2 aliphatic rings. The van der Waals surface area contributed by atoms with Gasteiger partial charge in [-0.2, -0.15) is 0 Å². The number of nitrogens with one attached hydrogen (secondary N) is 1. The molecule has 19 heavy (non-hydrogen) atoms. The van der Waals surface area contributed by atoms with Crippen LogP contribution in [0, 0.1) is 5.92 Å². The molecule has 3 atom stereocenters. The highest BCUT2D eigenvalue weighted by Crippen LogP contribution is 2.55. The van der Waals surface area contributed by atoms with Crippen LogP contribution >= 0.6 is 0 Å². The number of primary amides is 1. The number of nitrogens with two attached hydrogens (primary N) is 1. The van der Waals surface area contributed by atoms with Gasteiger partial charge in [-0.1, -0.05) is 30.3 Å². The van der Waals surface area contributed by atoms with E-state index >= 15 is 0 Å². The van der Waals surface area contributed by atoms with Gasteiger partial charge >= 0.3 is 0 Å². The number of carbonyl (C=O) groups excluding carboxylic acids is 1. The molecule has 0 bridgehead atoms. The number of carbonyl (C=O) groups is 1. The molecule has 3 nitrogen and oxygen atoms in total. The molecule has 1 aliphatic heterocycles. The van der Waals surface area contributed by atoms with E-state index < -0.39 is 0 Å². The van der Waals surface area contributed by atoms with E-state index in [1.165, 1.54) is 0 Å². The van der Waals surface area contributed by atoms with Gasteiger partial charge in [0, 0.05) is 12.0 Å². The van der Waals surface area contributed by atoms with E-state index in [4.69, 9.17) is 5.73 Å². The van der Waals surface area contributed by atoms with Crippen LogP contribution in [0.2, 0.25) is 0 Å². The predicted molar refractivity (Wildman–Crippen MR) is 71.7 cm³/mol. The topological polar surface area (TPSA) is 55.1 Å². The van der Waals surface area contributed by atoms with Crippen molar-refractivity contribution in [3.63, 3.8) is 0 Å². The van der Waals surface area contributed by atoms with Crippen LogP contribution in [0.4, 0.5) is 4.39 Å². The lowest BCUT2D eigenvalue weighted by Gasteiger charge is -2.16. The molecule has 3 unspecified atom stereocenters. The number of hydrogen-bond acceptors (Lipinski definition) is 2. The average Bonchev–Trinajstić information content (AvgIpc) is 2.90. The van der Waals surface area contributed by atoms with Crippen molar-refractivity contribution in [3.8, 4) is 0 Å². The fourth-order valence-corrected chi connectivity index (χ4v) is 3.09. The van der Waals surface area contributed by atoms with Crippen molar-refractivity contribution in [2.45, 2.75) is 30.8 Å². The number of rotatable bonds is 4. The predicted octanol–water partition coefficient (Wildman–Crippen LogP) is 1.99. The first kappa shape index (κ1) is 12.4. The van der Waals surface area contributed by atoms with Crippen LogP contribution in [0.5, 0.6) is 0 Å². The van der Waals surface area contributed by atoms with Gasteiger partial charge in [0.25, 0.3) is 0 Å². The second kappa shape index (κ2) is 4.46. The van der Waals surface area contributed by atoms with E-state index in [1.807, 2.05) is 30.3 Å². The van der Waals surface area contributed by atoms with Crippen molar-refractivity contribution in [2.24, 2.45) is 11.7 Å². The third-order valence-electron chi connectivity index (χ3n) is 4.16. The Kier molecular flexibility index (Phi) is 2.90. The van der Waals surface area contributed by atoms with E-state index in [9.17, 15) is 9.18 Å². The van der Waals surface area contributed by atoms with Crippen LogP contribution in [-0.4, -0.2) is 17.5 Å². The summed E-state index contributed by atoms with van der Waals surface area (Å²) in [6, 6.07) is 9.12. The van der Waals surface area contributed by atoms with Gasteiger partial charge in [-0.05, 0) is 30.4 Å². The van der Waals surface area contributed by atoms with Crippen LogP contribution in [0.3, 0.4) is 0 Å². The largest absolute Gasteiger partial charge is 0.368 e. The summed E-state index contributed by atoms with van der Waals surface area (Å²) in [4.78, 5) is 11.1. The second-order valence-electron chi connectivity index (χ2n) is 5.57. The van der Waals surface area contributed by atoms with Gasteiger partial charge in [0.2, 0.25) is 5.91 Å². The molecule has 3 rings (SSSR count). The summed E-state index contributed by atoms with van der Waals surface area (Å²) in [6.07, 6.45) is 3.58. The molecule has 3 N–H and O–H groups in total. The lowest BCUT2D eigenvalue weighted by atomic mass is 10.1. The van der Waals surface area contributed by atoms with Crippen molar-refractivity contribution in [1.29, 1.82) is 0 Å². The SMILES string of the molecule is NC(=O)C1CC2CC2(C/C(F)=C\c2ccccc2)N1. The summed E-state index contributed by atoms with van der Waals surface area (Å²) in [5.74, 6) is -0.0923. The molecule has 2 fully saturated rings. The van der Waals surface area contributed by atoms with Gasteiger partial charge < -0.3 is 5.73 Å². The van der Waals surface area contributed by atoms with E-state index in [2.05, 4.69) is 5.32 Å². The molecule has 1 saturated carbocycles. The van der Waals surface area contributed by atoms with E-state index in [0.717, 1.165) is 18.4 Å². The van der Waals surface area contributed by atoms with Crippen molar-refractivity contribution < 1.29 is 9.18 Å². The maximum absolute atomic E-state index is 14.0. The molecule has 4 heteroatoms. The van der Waals surface area contributed by atoms with Crippen LogP contribution in [0.15, 0.2) is 36.2 Å². The summed E-state index contributed by atoms with van der Waals surface area (Å²) in [5.41, 5.74) is 5.92. The molecule has 1 amide bonds. The number of piperidine rings is 1. The van der Waals surface area contributed by atoms with Crippen molar-refractivity contribution in [3.05, 3.63) is 41.7 Å². The molecule has 0 aromatic heterocycles. The van der Waals surface area contributed by atoms with Crippen LogP contribution < -0.4 is 11.1 Å². The Labute approximate surface area is 111 Å². The minimum Gasteiger partial charge on any atom is -0.368 e. The lowest BCUT2D eigenvalue weighted by Crippen LogP contribution is -2.43. The molecule has 0 spiro atoms. The number of halogens is 1. The number of hydrogen-bond donors (Lipinski definition) is 2. The molecule has 1 aromatic rings. The van der Waals surface area contributed by atoms with Gasteiger partial charge in [-0.25, -0.2) is 4.39 Å². The highest BCUT2D eigenvalue weighted by molar-refractivity contribution is 5.80. The zero-order valence-electron chi connectivity index (χ0n) is 10.6. The second-order valence-corrected chi connectivity index (χ2v) is 5.57. The highest BCUT2D eigenvalue weighted by atomic mass is 19.1. The van der Waals surface area contributed by atoms with Crippen LogP contribution in [-0.2, 0) is 4.79 Å². The highest BCUT2D eigenvalue weighted by Gasteiger charge is 2.61. The monoisotopic (exact) mass is 260 g/mol. The summed E-state index contributed by atoms with van der Waals surface area (Å²) in [6.45, 7) is 0. The fraction of sp³-hybridized carbons (Fsp3) is 0.400. The number of amides is 1. The summed E-state index contributed by atoms with van der Waals surface area (Å²) in [7, 11) is 0. The Morgan fingerprint density at radius 2 is 2.21 bits per heavy atom. The van der Waals surface area contributed by atoms with Gasteiger partial charge in [0.05, 0.1) is 6.04 Å². The van der Waals surface area contributed by atoms with Crippen molar-refractivity contribution in [1.82, 2.24) is 5.32 Å². The quantitative estimate of drug-likeness (QED) is 0.870. The summed E-state index contributed by atoms with van der Waals surface area (Å²) < 4.78 is 14.0. The molecule has 1 saturated heterocycles. The van der Waals surface area contributed by atoms with Gasteiger partial charge in [0.15, 0.2) is 0 Å². The fourth-order valence-electron chi connectivity index (χ4n) is 3.09. The minimum absolute atomic E-state index is 0.147. The van der Waals surface area contributed by atoms with E-state index in [-0.39, 0.29) is 23.3 Å². The van der Waals surface area contributed by atoms with Gasteiger partial charge in [0.1, 0.15) is 5.83 Å². The minimum atomic E-state index is -0.334. The van der Waals surface area contributed by atoms with Crippen molar-refractivity contribution >= 4 is 12.0 Å². The molecule has 0 radical (unpaired) electrons.